The molecular formula is C15H13Cl3FNO. The van der Waals surface area contributed by atoms with Gasteiger partial charge in [0, 0.05) is 5.02 Å². The van der Waals surface area contributed by atoms with Crippen LogP contribution >= 0.6 is 34.8 Å². The van der Waals surface area contributed by atoms with E-state index in [4.69, 9.17) is 45.3 Å². The highest BCUT2D eigenvalue weighted by molar-refractivity contribution is 6.35. The van der Waals surface area contributed by atoms with Gasteiger partial charge in [-0.05, 0) is 48.4 Å². The minimum atomic E-state index is -0.484. The van der Waals surface area contributed by atoms with Crippen LogP contribution in [0.1, 0.15) is 11.1 Å². The Labute approximate surface area is 137 Å². The van der Waals surface area contributed by atoms with Gasteiger partial charge in [0.05, 0.1) is 10.0 Å². The third kappa shape index (κ3) is 4.24. The molecule has 21 heavy (non-hydrogen) atoms. The number of ether oxygens (including phenoxy) is 1. The highest BCUT2D eigenvalue weighted by atomic mass is 35.5. The Morgan fingerprint density at radius 1 is 1.05 bits per heavy atom. The molecule has 2 N–H and O–H groups in total. The summed E-state index contributed by atoms with van der Waals surface area (Å²) in [4.78, 5) is 0. The molecule has 0 bridgehead atoms. The number of hydrogen-bond donors (Lipinski definition) is 1. The Balaban J connectivity index is 2.20. The van der Waals surface area contributed by atoms with Crippen molar-refractivity contribution in [1.82, 2.24) is 0 Å². The topological polar surface area (TPSA) is 35.2 Å². The molecule has 0 saturated carbocycles. The van der Waals surface area contributed by atoms with E-state index in [1.54, 1.807) is 18.2 Å². The smallest absolute Gasteiger partial charge is 0.142 e. The fraction of sp³-hybridized carbons (Fsp3) is 0.200. The predicted molar refractivity (Wildman–Crippen MR) is 85.0 cm³/mol. The van der Waals surface area contributed by atoms with Crippen LogP contribution in [0.25, 0.3) is 0 Å². The summed E-state index contributed by atoms with van der Waals surface area (Å²) in [5.74, 6) is 0.0315. The molecular weight excluding hydrogens is 336 g/mol. The van der Waals surface area contributed by atoms with Gasteiger partial charge in [0.1, 0.15) is 18.2 Å². The first-order valence-corrected chi connectivity index (χ1v) is 7.39. The van der Waals surface area contributed by atoms with Gasteiger partial charge in [-0.25, -0.2) is 4.39 Å². The largest absolute Gasteiger partial charge is 0.487 e. The van der Waals surface area contributed by atoms with Crippen molar-refractivity contribution in [3.05, 3.63) is 62.3 Å². The van der Waals surface area contributed by atoms with Gasteiger partial charge in [0.25, 0.3) is 0 Å². The van der Waals surface area contributed by atoms with Crippen LogP contribution in [0.15, 0.2) is 30.3 Å². The highest BCUT2D eigenvalue weighted by Gasteiger charge is 2.11. The summed E-state index contributed by atoms with van der Waals surface area (Å²) in [6.45, 7) is 0.621. The summed E-state index contributed by atoms with van der Waals surface area (Å²) in [6.07, 6.45) is 0.588. The summed E-state index contributed by atoms with van der Waals surface area (Å²) in [6, 6.07) is 7.87. The third-order valence-corrected chi connectivity index (χ3v) is 3.67. The van der Waals surface area contributed by atoms with E-state index in [0.717, 1.165) is 5.56 Å². The normalized spacial score (nSPS) is 10.7. The lowest BCUT2D eigenvalue weighted by Crippen LogP contribution is -2.06. The standard InChI is InChI=1S/C15H13Cl3FNO/c16-11-6-10(3-4-20)15(13(18)7-11)21-8-9-1-2-12(17)14(19)5-9/h1-2,5-7H,3-4,8,20H2. The van der Waals surface area contributed by atoms with Gasteiger partial charge in [-0.2, -0.15) is 0 Å². The maximum absolute atomic E-state index is 13.4. The van der Waals surface area contributed by atoms with E-state index in [0.29, 0.717) is 34.3 Å². The molecule has 0 atom stereocenters. The molecule has 0 fully saturated rings. The molecule has 2 nitrogen and oxygen atoms in total. The van der Waals surface area contributed by atoms with E-state index < -0.39 is 5.82 Å². The number of rotatable bonds is 5. The summed E-state index contributed by atoms with van der Waals surface area (Å²) >= 11 is 17.8. The van der Waals surface area contributed by atoms with E-state index in [1.165, 1.54) is 12.1 Å². The molecule has 0 amide bonds. The molecule has 2 aromatic carbocycles. The van der Waals surface area contributed by atoms with Crippen molar-refractivity contribution in [1.29, 1.82) is 0 Å². The number of hydrogen-bond acceptors (Lipinski definition) is 2. The van der Waals surface area contributed by atoms with E-state index in [1.807, 2.05) is 0 Å². The molecule has 2 rings (SSSR count). The summed E-state index contributed by atoms with van der Waals surface area (Å²) in [5.41, 5.74) is 7.05. The second kappa shape index (κ2) is 7.32. The van der Waals surface area contributed by atoms with Gasteiger partial charge in [-0.15, -0.1) is 0 Å². The third-order valence-electron chi connectivity index (χ3n) is 2.87. The molecule has 0 aliphatic heterocycles. The fourth-order valence-electron chi connectivity index (χ4n) is 1.90. The summed E-state index contributed by atoms with van der Waals surface area (Å²) in [5, 5.41) is 1.00. The quantitative estimate of drug-likeness (QED) is 0.837. The van der Waals surface area contributed by atoms with Crippen molar-refractivity contribution >= 4 is 34.8 Å². The fourth-order valence-corrected chi connectivity index (χ4v) is 2.61. The Morgan fingerprint density at radius 3 is 2.48 bits per heavy atom. The average Bonchev–Trinajstić information content (AvgIpc) is 2.42. The zero-order chi connectivity index (χ0) is 15.4. The molecule has 0 heterocycles. The Bertz CT molecular complexity index is 649. The zero-order valence-corrected chi connectivity index (χ0v) is 13.3. The van der Waals surface area contributed by atoms with Gasteiger partial charge >= 0.3 is 0 Å². The van der Waals surface area contributed by atoms with Gasteiger partial charge in [0.15, 0.2) is 0 Å². The lowest BCUT2D eigenvalue weighted by atomic mass is 10.1. The minimum absolute atomic E-state index is 0.0760. The average molecular weight is 349 g/mol. The van der Waals surface area contributed by atoms with Crippen molar-refractivity contribution in [2.75, 3.05) is 6.54 Å². The predicted octanol–water partition coefficient (Wildman–Crippen LogP) is 4.87. The summed E-state index contributed by atoms with van der Waals surface area (Å²) in [7, 11) is 0. The number of benzene rings is 2. The van der Waals surface area contributed by atoms with Crippen LogP contribution in [0, 0.1) is 5.82 Å². The molecule has 2 aromatic rings. The van der Waals surface area contributed by atoms with Crippen LogP contribution in [0.2, 0.25) is 15.1 Å². The molecule has 0 aliphatic rings. The van der Waals surface area contributed by atoms with E-state index in [2.05, 4.69) is 0 Å². The second-order valence-corrected chi connectivity index (χ2v) is 5.70. The summed E-state index contributed by atoms with van der Waals surface area (Å²) < 4.78 is 19.1. The number of nitrogens with two attached hydrogens (primary N) is 1. The zero-order valence-electron chi connectivity index (χ0n) is 11.0. The highest BCUT2D eigenvalue weighted by Crippen LogP contribution is 2.33. The lowest BCUT2D eigenvalue weighted by molar-refractivity contribution is 0.302. The molecule has 0 saturated heterocycles. The van der Waals surface area contributed by atoms with E-state index >= 15 is 0 Å². The van der Waals surface area contributed by atoms with Crippen LogP contribution in [-0.2, 0) is 13.0 Å². The lowest BCUT2D eigenvalue weighted by Gasteiger charge is -2.14. The van der Waals surface area contributed by atoms with Crippen molar-refractivity contribution in [3.63, 3.8) is 0 Å². The Morgan fingerprint density at radius 2 is 1.81 bits per heavy atom. The molecule has 112 valence electrons. The van der Waals surface area contributed by atoms with Crippen LogP contribution in [0.4, 0.5) is 4.39 Å². The van der Waals surface area contributed by atoms with Crippen molar-refractivity contribution < 1.29 is 9.13 Å². The number of halogens is 4. The van der Waals surface area contributed by atoms with Gasteiger partial charge in [-0.1, -0.05) is 40.9 Å². The van der Waals surface area contributed by atoms with Gasteiger partial charge in [0.2, 0.25) is 0 Å². The molecule has 6 heteroatoms. The van der Waals surface area contributed by atoms with Crippen LogP contribution in [-0.4, -0.2) is 6.54 Å². The monoisotopic (exact) mass is 347 g/mol. The van der Waals surface area contributed by atoms with Crippen molar-refractivity contribution in [2.24, 2.45) is 5.73 Å². The molecule has 0 unspecified atom stereocenters. The van der Waals surface area contributed by atoms with Crippen LogP contribution in [0.5, 0.6) is 5.75 Å². The molecule has 0 aliphatic carbocycles. The van der Waals surface area contributed by atoms with Gasteiger partial charge in [-0.3, -0.25) is 0 Å². The molecule has 0 aromatic heterocycles. The van der Waals surface area contributed by atoms with Crippen molar-refractivity contribution in [3.8, 4) is 5.75 Å². The van der Waals surface area contributed by atoms with Gasteiger partial charge < -0.3 is 10.5 Å². The maximum Gasteiger partial charge on any atom is 0.142 e. The van der Waals surface area contributed by atoms with Crippen molar-refractivity contribution in [2.45, 2.75) is 13.0 Å². The first-order valence-electron chi connectivity index (χ1n) is 6.26. The molecule has 0 radical (unpaired) electrons. The minimum Gasteiger partial charge on any atom is -0.487 e. The Kier molecular flexibility index (Phi) is 5.71. The molecule has 0 spiro atoms. The van der Waals surface area contributed by atoms with Crippen LogP contribution < -0.4 is 10.5 Å². The Hall–Kier alpha value is -1.00. The van der Waals surface area contributed by atoms with Crippen LogP contribution in [0.3, 0.4) is 0 Å². The van der Waals surface area contributed by atoms with E-state index in [9.17, 15) is 4.39 Å². The first kappa shape index (κ1) is 16.4. The SMILES string of the molecule is NCCc1cc(Cl)cc(Cl)c1OCc1ccc(Cl)c(F)c1. The van der Waals surface area contributed by atoms with E-state index in [-0.39, 0.29) is 11.6 Å². The second-order valence-electron chi connectivity index (χ2n) is 4.45. The maximum atomic E-state index is 13.4. The first-order chi connectivity index (χ1) is 10.0.